The average molecular weight is 273 g/mol. The maximum Gasteiger partial charge on any atom is 0.0453 e. The quantitative estimate of drug-likeness (QED) is 0.219. The second-order valence-electron chi connectivity index (χ2n) is 4.51. The molecular formula is C18H15N3. The molecule has 2 aromatic rings. The van der Waals surface area contributed by atoms with Gasteiger partial charge in [-0.3, -0.25) is 0 Å². The largest absolute Gasteiger partial charge is 0.116 e. The molecule has 0 bridgehead atoms. The van der Waals surface area contributed by atoms with E-state index in [0.29, 0.717) is 5.69 Å². The number of allylic oxidation sites excluding steroid dienone is 2. The molecule has 0 unspecified atom stereocenters. The lowest BCUT2D eigenvalue weighted by molar-refractivity contribution is 1.46. The Hall–Kier alpha value is -2.99. The topological polar surface area (TPSA) is 48.8 Å². The van der Waals surface area contributed by atoms with Crippen LogP contribution in [-0.2, 0) is 0 Å². The Morgan fingerprint density at radius 3 is 2.52 bits per heavy atom. The van der Waals surface area contributed by atoms with Crippen LogP contribution in [0.5, 0.6) is 0 Å². The van der Waals surface area contributed by atoms with E-state index >= 15 is 0 Å². The van der Waals surface area contributed by atoms with E-state index in [1.54, 1.807) is 6.07 Å². The van der Waals surface area contributed by atoms with Gasteiger partial charge in [0.05, 0.1) is 0 Å². The second kappa shape index (κ2) is 6.97. The summed E-state index contributed by atoms with van der Waals surface area (Å²) in [6.07, 6.45) is 1.81. The lowest BCUT2D eigenvalue weighted by Crippen LogP contribution is -1.82. The molecule has 0 aromatic heterocycles. The zero-order valence-corrected chi connectivity index (χ0v) is 11.8. The predicted octanol–water partition coefficient (Wildman–Crippen LogP) is 5.90. The highest BCUT2D eigenvalue weighted by Crippen LogP contribution is 2.22. The van der Waals surface area contributed by atoms with Gasteiger partial charge < -0.3 is 0 Å². The smallest absolute Gasteiger partial charge is 0.0453 e. The Kier molecular flexibility index (Phi) is 4.79. The minimum atomic E-state index is 0.589. The maximum absolute atomic E-state index is 8.56. The molecule has 102 valence electrons. The molecule has 21 heavy (non-hydrogen) atoms. The molecule has 0 aliphatic rings. The van der Waals surface area contributed by atoms with Gasteiger partial charge in [-0.25, -0.2) is 0 Å². The Balaban J connectivity index is 2.35. The lowest BCUT2D eigenvalue weighted by atomic mass is 10.0. The van der Waals surface area contributed by atoms with Crippen LogP contribution < -0.4 is 0 Å². The third-order valence-electron chi connectivity index (χ3n) is 3.11. The van der Waals surface area contributed by atoms with Crippen LogP contribution in [0.1, 0.15) is 18.1 Å². The van der Waals surface area contributed by atoms with Crippen LogP contribution >= 0.6 is 0 Å². The highest BCUT2D eigenvalue weighted by Gasteiger charge is 1.99. The standard InChI is InChI=1S/C18H15N3/c1-14(15(2)16-8-4-3-5-9-16)12-13-17-10-6-7-11-18(17)20-21-19/h3-11,13H,2H2,1H3. The van der Waals surface area contributed by atoms with Gasteiger partial charge in [0.25, 0.3) is 0 Å². The Morgan fingerprint density at radius 2 is 1.81 bits per heavy atom. The van der Waals surface area contributed by atoms with Crippen LogP contribution in [0.3, 0.4) is 0 Å². The summed E-state index contributed by atoms with van der Waals surface area (Å²) in [5, 5.41) is 3.67. The molecule has 0 aliphatic carbocycles. The third-order valence-corrected chi connectivity index (χ3v) is 3.11. The van der Waals surface area contributed by atoms with E-state index in [4.69, 9.17) is 5.53 Å². The average Bonchev–Trinajstić information content (AvgIpc) is 2.54. The van der Waals surface area contributed by atoms with Gasteiger partial charge in [0.1, 0.15) is 0 Å². The molecule has 3 heteroatoms. The molecular weight excluding hydrogens is 258 g/mol. The molecule has 0 atom stereocenters. The molecule has 0 N–H and O–H groups in total. The van der Waals surface area contributed by atoms with Gasteiger partial charge in [0.2, 0.25) is 0 Å². The number of benzene rings is 2. The van der Waals surface area contributed by atoms with Crippen LogP contribution in [0, 0.1) is 0 Å². The molecule has 0 aliphatic heterocycles. The zero-order valence-electron chi connectivity index (χ0n) is 11.8. The Bertz CT molecular complexity index is 760. The van der Waals surface area contributed by atoms with Gasteiger partial charge in [0, 0.05) is 10.6 Å². The summed E-state index contributed by atoms with van der Waals surface area (Å²) in [4.78, 5) is 2.83. The number of azide groups is 1. The summed E-state index contributed by atoms with van der Waals surface area (Å²) in [6.45, 7) is 6.05. The highest BCUT2D eigenvalue weighted by atomic mass is 15.1. The summed E-state index contributed by atoms with van der Waals surface area (Å²) < 4.78 is 0. The van der Waals surface area contributed by atoms with Crippen LogP contribution in [0.4, 0.5) is 5.69 Å². The molecule has 3 nitrogen and oxygen atoms in total. The maximum atomic E-state index is 8.56. The molecule has 0 spiro atoms. The van der Waals surface area contributed by atoms with Crippen molar-refractivity contribution >= 4 is 17.3 Å². The molecule has 0 amide bonds. The Morgan fingerprint density at radius 1 is 1.14 bits per heavy atom. The van der Waals surface area contributed by atoms with Gasteiger partial charge >= 0.3 is 0 Å². The molecule has 0 fully saturated rings. The highest BCUT2D eigenvalue weighted by molar-refractivity contribution is 5.77. The fourth-order valence-corrected chi connectivity index (χ4v) is 1.88. The fourth-order valence-electron chi connectivity index (χ4n) is 1.88. The zero-order chi connectivity index (χ0) is 15.1. The molecule has 0 heterocycles. The van der Waals surface area contributed by atoms with Gasteiger partial charge in [-0.1, -0.05) is 66.3 Å². The lowest BCUT2D eigenvalue weighted by Gasteiger charge is -2.03. The van der Waals surface area contributed by atoms with E-state index in [0.717, 1.165) is 22.3 Å². The fraction of sp³-hybridized carbons (Fsp3) is 0.0556. The van der Waals surface area contributed by atoms with Crippen molar-refractivity contribution in [2.45, 2.75) is 6.92 Å². The van der Waals surface area contributed by atoms with Crippen molar-refractivity contribution in [3.63, 3.8) is 0 Å². The van der Waals surface area contributed by atoms with Gasteiger partial charge in [-0.05, 0) is 40.8 Å². The van der Waals surface area contributed by atoms with Crippen molar-refractivity contribution in [1.82, 2.24) is 0 Å². The monoisotopic (exact) mass is 273 g/mol. The van der Waals surface area contributed by atoms with Gasteiger partial charge in [-0.15, -0.1) is 5.73 Å². The predicted molar refractivity (Wildman–Crippen MR) is 87.9 cm³/mol. The van der Waals surface area contributed by atoms with E-state index in [-0.39, 0.29) is 0 Å². The van der Waals surface area contributed by atoms with E-state index in [2.05, 4.69) is 22.3 Å². The minimum absolute atomic E-state index is 0.589. The van der Waals surface area contributed by atoms with Crippen molar-refractivity contribution in [1.29, 1.82) is 0 Å². The number of nitrogens with zero attached hydrogens (tertiary/aromatic N) is 3. The first-order chi connectivity index (χ1) is 10.2. The van der Waals surface area contributed by atoms with Crippen molar-refractivity contribution in [3.05, 3.63) is 94.1 Å². The summed E-state index contributed by atoms with van der Waals surface area (Å²) in [7, 11) is 0. The van der Waals surface area contributed by atoms with Gasteiger partial charge in [-0.2, -0.15) is 0 Å². The molecule has 0 saturated carbocycles. The summed E-state index contributed by atoms with van der Waals surface area (Å²) >= 11 is 0. The minimum Gasteiger partial charge on any atom is -0.116 e. The second-order valence-corrected chi connectivity index (χ2v) is 4.51. The molecule has 2 rings (SSSR count). The van der Waals surface area contributed by atoms with Crippen molar-refractivity contribution in [3.8, 4) is 0 Å². The van der Waals surface area contributed by atoms with E-state index in [9.17, 15) is 0 Å². The summed E-state index contributed by atoms with van der Waals surface area (Å²) in [5.41, 5.74) is 16.1. The van der Waals surface area contributed by atoms with Crippen LogP contribution in [0.25, 0.3) is 22.1 Å². The van der Waals surface area contributed by atoms with E-state index in [1.807, 2.05) is 61.5 Å². The number of rotatable bonds is 4. The van der Waals surface area contributed by atoms with E-state index < -0.39 is 0 Å². The summed E-state index contributed by atoms with van der Waals surface area (Å²) in [5.74, 6) is 0. The van der Waals surface area contributed by atoms with Crippen LogP contribution in [0.2, 0.25) is 0 Å². The first kappa shape index (κ1) is 14.4. The molecule has 2 aromatic carbocycles. The normalized spacial score (nSPS) is 9.19. The van der Waals surface area contributed by atoms with Gasteiger partial charge in [0.15, 0.2) is 0 Å². The SMILES string of the molecule is C=C(C(C)=C=Cc1ccccc1N=[N+]=[N-])c1ccccc1. The Labute approximate surface area is 124 Å². The van der Waals surface area contributed by atoms with Crippen molar-refractivity contribution in [2.75, 3.05) is 0 Å². The van der Waals surface area contributed by atoms with Crippen LogP contribution in [0.15, 0.2) is 77.6 Å². The van der Waals surface area contributed by atoms with Crippen LogP contribution in [-0.4, -0.2) is 0 Å². The van der Waals surface area contributed by atoms with Crippen molar-refractivity contribution in [2.24, 2.45) is 5.11 Å². The molecule has 0 saturated heterocycles. The first-order valence-electron chi connectivity index (χ1n) is 6.54. The number of hydrogen-bond acceptors (Lipinski definition) is 1. The van der Waals surface area contributed by atoms with E-state index in [1.165, 1.54) is 0 Å². The molecule has 0 radical (unpaired) electrons. The van der Waals surface area contributed by atoms with Crippen molar-refractivity contribution < 1.29 is 0 Å². The first-order valence-corrected chi connectivity index (χ1v) is 6.54. The third kappa shape index (κ3) is 3.74. The summed E-state index contributed by atoms with van der Waals surface area (Å²) in [6, 6.07) is 17.4. The number of hydrogen-bond donors (Lipinski definition) is 0.